The number of aliphatic hydroxyl groups is 1. The molecule has 1 saturated carbocycles. The smallest absolute Gasteiger partial charge is 0.223 e. The topological polar surface area (TPSA) is 90.5 Å². The number of rotatable bonds is 13. The Balaban J connectivity index is 1.63. The van der Waals surface area contributed by atoms with Crippen LogP contribution >= 0.6 is 0 Å². The standard InChI is InChI=1S/C33H49N3O3/c1-6-31(38)36-33(4,5)28-17-11-16-27(20-28)32(39)35-29(19-24-12-8-7-9-13-24)30(37)22-34-21-25-14-10-15-26(18-25)23(2)3/h7-10,12-15,18,23,27-30,34,37H,6,11,16-17,19-22H2,1-5H3,(H,35,39)(H,36,38)/t27-,28+,29+,30-/m1/s1. The minimum Gasteiger partial charge on any atom is -0.390 e. The highest BCUT2D eigenvalue weighted by Crippen LogP contribution is 2.36. The Hall–Kier alpha value is -2.70. The van der Waals surface area contributed by atoms with Crippen LogP contribution in [0.4, 0.5) is 0 Å². The Bertz CT molecular complexity index is 1050. The van der Waals surface area contributed by atoms with Gasteiger partial charge in [0.2, 0.25) is 11.8 Å². The molecule has 2 amide bonds. The molecule has 0 saturated heterocycles. The van der Waals surface area contributed by atoms with Crippen LogP contribution in [-0.2, 0) is 22.6 Å². The van der Waals surface area contributed by atoms with E-state index in [0.29, 0.717) is 31.8 Å². The number of amides is 2. The molecule has 0 aliphatic heterocycles. The third-order valence-corrected chi connectivity index (χ3v) is 8.24. The fourth-order valence-corrected chi connectivity index (χ4v) is 5.65. The number of carbonyl (C=O) groups excluding carboxylic acids is 2. The molecule has 6 heteroatoms. The SMILES string of the molecule is CCC(=O)NC(C)(C)[C@H]1CCC[C@@H](C(=O)N[C@@H](Cc2ccccc2)[C@H](O)CNCc2cccc(C(C)C)c2)C1. The Labute approximate surface area is 235 Å². The number of carbonyl (C=O) groups is 2. The fraction of sp³-hybridized carbons (Fsp3) is 0.576. The van der Waals surface area contributed by atoms with Crippen molar-refractivity contribution in [1.29, 1.82) is 0 Å². The van der Waals surface area contributed by atoms with Gasteiger partial charge in [-0.25, -0.2) is 0 Å². The van der Waals surface area contributed by atoms with Crippen LogP contribution in [0.15, 0.2) is 54.6 Å². The molecule has 1 aliphatic rings. The van der Waals surface area contributed by atoms with Gasteiger partial charge in [-0.1, -0.05) is 81.8 Å². The minimum atomic E-state index is -0.734. The Morgan fingerprint density at radius 2 is 1.74 bits per heavy atom. The quantitative estimate of drug-likeness (QED) is 0.287. The van der Waals surface area contributed by atoms with Gasteiger partial charge in [-0.15, -0.1) is 0 Å². The maximum atomic E-state index is 13.5. The van der Waals surface area contributed by atoms with E-state index in [1.165, 1.54) is 11.1 Å². The third-order valence-electron chi connectivity index (χ3n) is 8.24. The van der Waals surface area contributed by atoms with Crippen molar-refractivity contribution >= 4 is 11.8 Å². The van der Waals surface area contributed by atoms with Gasteiger partial charge in [-0.3, -0.25) is 9.59 Å². The van der Waals surface area contributed by atoms with Crippen LogP contribution in [-0.4, -0.2) is 41.2 Å². The largest absolute Gasteiger partial charge is 0.390 e. The molecule has 6 nitrogen and oxygen atoms in total. The summed E-state index contributed by atoms with van der Waals surface area (Å²) < 4.78 is 0. The summed E-state index contributed by atoms with van der Waals surface area (Å²) >= 11 is 0. The van der Waals surface area contributed by atoms with Crippen LogP contribution < -0.4 is 16.0 Å². The maximum absolute atomic E-state index is 13.5. The van der Waals surface area contributed by atoms with Crippen LogP contribution in [0.3, 0.4) is 0 Å². The molecule has 1 fully saturated rings. The van der Waals surface area contributed by atoms with Gasteiger partial charge in [-0.05, 0) is 68.1 Å². The summed E-state index contributed by atoms with van der Waals surface area (Å²) in [6.07, 6.45) is 3.81. The first kappa shape index (κ1) is 30.8. The lowest BCUT2D eigenvalue weighted by molar-refractivity contribution is -0.128. The van der Waals surface area contributed by atoms with Crippen LogP contribution in [0.1, 0.15) is 89.3 Å². The second kappa shape index (κ2) is 14.6. The summed E-state index contributed by atoms with van der Waals surface area (Å²) in [5.41, 5.74) is 3.21. The molecular weight excluding hydrogens is 486 g/mol. The van der Waals surface area contributed by atoms with E-state index in [0.717, 1.165) is 31.2 Å². The summed E-state index contributed by atoms with van der Waals surface area (Å²) in [5.74, 6) is 0.619. The van der Waals surface area contributed by atoms with E-state index in [-0.39, 0.29) is 29.2 Å². The van der Waals surface area contributed by atoms with Gasteiger partial charge in [0.05, 0.1) is 12.1 Å². The highest BCUT2D eigenvalue weighted by atomic mass is 16.3. The van der Waals surface area contributed by atoms with Gasteiger partial charge in [0.1, 0.15) is 0 Å². The average Bonchev–Trinajstić information content (AvgIpc) is 2.93. The fourth-order valence-electron chi connectivity index (χ4n) is 5.65. The van der Waals surface area contributed by atoms with Crippen LogP contribution in [0.5, 0.6) is 0 Å². The van der Waals surface area contributed by atoms with E-state index in [4.69, 9.17) is 0 Å². The minimum absolute atomic E-state index is 0.00179. The predicted octanol–water partition coefficient (Wildman–Crippen LogP) is 5.10. The molecule has 0 aromatic heterocycles. The molecule has 0 bridgehead atoms. The summed E-state index contributed by atoms with van der Waals surface area (Å²) in [4.78, 5) is 25.6. The second-order valence-electron chi connectivity index (χ2n) is 12.1. The zero-order valence-electron chi connectivity index (χ0n) is 24.5. The van der Waals surface area contributed by atoms with Gasteiger partial charge >= 0.3 is 0 Å². The van der Waals surface area contributed by atoms with Crippen molar-refractivity contribution in [3.05, 3.63) is 71.3 Å². The molecule has 2 aromatic carbocycles. The van der Waals surface area contributed by atoms with Crippen molar-refractivity contribution < 1.29 is 14.7 Å². The van der Waals surface area contributed by atoms with E-state index in [2.05, 4.69) is 67.9 Å². The molecule has 39 heavy (non-hydrogen) atoms. The zero-order valence-corrected chi connectivity index (χ0v) is 24.5. The summed E-state index contributed by atoms with van der Waals surface area (Å²) in [5, 5.41) is 21.0. The van der Waals surface area contributed by atoms with E-state index in [1.807, 2.05) is 37.3 Å². The third kappa shape index (κ3) is 9.47. The van der Waals surface area contributed by atoms with E-state index >= 15 is 0 Å². The van der Waals surface area contributed by atoms with Crippen LogP contribution in [0.2, 0.25) is 0 Å². The number of aliphatic hydroxyl groups excluding tert-OH is 1. The molecule has 3 rings (SSSR count). The molecule has 2 aromatic rings. The van der Waals surface area contributed by atoms with E-state index < -0.39 is 12.1 Å². The van der Waals surface area contributed by atoms with Crippen molar-refractivity contribution in [3.63, 3.8) is 0 Å². The summed E-state index contributed by atoms with van der Waals surface area (Å²) in [7, 11) is 0. The normalized spacial score (nSPS) is 19.4. The lowest BCUT2D eigenvalue weighted by atomic mass is 9.72. The van der Waals surface area contributed by atoms with Gasteiger partial charge in [0, 0.05) is 31.0 Å². The molecule has 0 spiro atoms. The van der Waals surface area contributed by atoms with Gasteiger partial charge in [0.25, 0.3) is 0 Å². The Morgan fingerprint density at radius 1 is 1.03 bits per heavy atom. The van der Waals surface area contributed by atoms with Crippen molar-refractivity contribution in [3.8, 4) is 0 Å². The number of hydrogen-bond donors (Lipinski definition) is 4. The lowest BCUT2D eigenvalue weighted by Crippen LogP contribution is -2.53. The van der Waals surface area contributed by atoms with Crippen molar-refractivity contribution in [2.45, 2.75) is 103 Å². The van der Waals surface area contributed by atoms with Gasteiger partial charge in [-0.2, -0.15) is 0 Å². The van der Waals surface area contributed by atoms with Gasteiger partial charge in [0.15, 0.2) is 0 Å². The molecular formula is C33H49N3O3. The number of nitrogens with one attached hydrogen (secondary N) is 3. The highest BCUT2D eigenvalue weighted by molar-refractivity contribution is 5.79. The molecule has 4 N–H and O–H groups in total. The first-order chi connectivity index (χ1) is 18.6. The Morgan fingerprint density at radius 3 is 2.44 bits per heavy atom. The highest BCUT2D eigenvalue weighted by Gasteiger charge is 2.37. The Kier molecular flexibility index (Phi) is 11.6. The first-order valence-electron chi connectivity index (χ1n) is 14.7. The number of hydrogen-bond acceptors (Lipinski definition) is 4. The van der Waals surface area contributed by atoms with Crippen molar-refractivity contribution in [2.24, 2.45) is 11.8 Å². The molecule has 0 heterocycles. The van der Waals surface area contributed by atoms with Gasteiger partial charge < -0.3 is 21.1 Å². The maximum Gasteiger partial charge on any atom is 0.223 e. The van der Waals surface area contributed by atoms with Crippen LogP contribution in [0, 0.1) is 11.8 Å². The van der Waals surface area contributed by atoms with Crippen molar-refractivity contribution in [1.82, 2.24) is 16.0 Å². The van der Waals surface area contributed by atoms with Crippen molar-refractivity contribution in [2.75, 3.05) is 6.54 Å². The second-order valence-corrected chi connectivity index (χ2v) is 12.1. The molecule has 0 unspecified atom stereocenters. The summed E-state index contributed by atoms with van der Waals surface area (Å²) in [6, 6.07) is 18.1. The van der Waals surface area contributed by atoms with E-state index in [1.54, 1.807) is 0 Å². The number of benzene rings is 2. The molecule has 0 radical (unpaired) electrons. The summed E-state index contributed by atoms with van der Waals surface area (Å²) in [6.45, 7) is 11.4. The monoisotopic (exact) mass is 535 g/mol. The average molecular weight is 536 g/mol. The predicted molar refractivity (Wildman–Crippen MR) is 158 cm³/mol. The molecule has 1 aliphatic carbocycles. The lowest BCUT2D eigenvalue weighted by Gasteiger charge is -2.40. The van der Waals surface area contributed by atoms with E-state index in [9.17, 15) is 14.7 Å². The first-order valence-corrected chi connectivity index (χ1v) is 14.7. The molecule has 4 atom stereocenters. The van der Waals surface area contributed by atoms with Crippen LogP contribution in [0.25, 0.3) is 0 Å². The molecule has 214 valence electrons. The zero-order chi connectivity index (χ0) is 28.4.